The second-order valence-electron chi connectivity index (χ2n) is 5.89. The van der Waals surface area contributed by atoms with Crippen molar-refractivity contribution in [3.8, 4) is 10.6 Å². The minimum absolute atomic E-state index is 0.138. The van der Waals surface area contributed by atoms with Crippen LogP contribution in [-0.4, -0.2) is 26.7 Å². The van der Waals surface area contributed by atoms with Crippen LogP contribution in [0.3, 0.4) is 0 Å². The summed E-state index contributed by atoms with van der Waals surface area (Å²) < 4.78 is 7.54. The van der Waals surface area contributed by atoms with Crippen LogP contribution in [0.5, 0.6) is 0 Å². The van der Waals surface area contributed by atoms with Crippen molar-refractivity contribution < 1.29 is 9.53 Å². The molecule has 0 aliphatic heterocycles. The number of hydrogen-bond acceptors (Lipinski definition) is 6. The molecule has 0 N–H and O–H groups in total. The van der Waals surface area contributed by atoms with Gasteiger partial charge in [-0.2, -0.15) is 0 Å². The summed E-state index contributed by atoms with van der Waals surface area (Å²) in [7, 11) is 0. The van der Waals surface area contributed by atoms with E-state index >= 15 is 0 Å². The van der Waals surface area contributed by atoms with Crippen LogP contribution >= 0.6 is 11.3 Å². The van der Waals surface area contributed by atoms with E-state index < -0.39 is 17.2 Å². The number of esters is 1. The topological polar surface area (TPSA) is 83.2 Å². The quantitative estimate of drug-likeness (QED) is 0.452. The number of carbonyl (C=O) groups is 1. The summed E-state index contributed by atoms with van der Waals surface area (Å²) in [4.78, 5) is 42.2. The fourth-order valence-corrected chi connectivity index (χ4v) is 3.48. The molecule has 1 aromatic carbocycles. The molecule has 0 atom stereocenters. The third kappa shape index (κ3) is 4.01. The molecular weight excluding hydrogens is 378 g/mol. The van der Waals surface area contributed by atoms with Crippen LogP contribution in [0, 0.1) is 0 Å². The van der Waals surface area contributed by atoms with E-state index in [1.165, 1.54) is 21.5 Å². The minimum Gasteiger partial charge on any atom is -0.462 e. The monoisotopic (exact) mass is 397 g/mol. The molecule has 0 spiro atoms. The summed E-state index contributed by atoms with van der Waals surface area (Å²) in [5.74, 6) is -0.490. The van der Waals surface area contributed by atoms with Gasteiger partial charge < -0.3 is 4.74 Å². The van der Waals surface area contributed by atoms with Gasteiger partial charge in [0.15, 0.2) is 0 Å². The van der Waals surface area contributed by atoms with E-state index in [9.17, 15) is 14.4 Å². The largest absolute Gasteiger partial charge is 0.462 e. The zero-order valence-corrected chi connectivity index (χ0v) is 16.1. The Kier molecular flexibility index (Phi) is 6.00. The molecule has 2 heterocycles. The second kappa shape index (κ2) is 8.62. The normalized spacial score (nSPS) is 10.6. The number of allylic oxidation sites excluding steroid dienone is 1. The number of aromatic nitrogens is 3. The Labute approximate surface area is 165 Å². The lowest BCUT2D eigenvalue weighted by Gasteiger charge is -2.11. The van der Waals surface area contributed by atoms with Crippen LogP contribution in [0.15, 0.2) is 65.0 Å². The van der Waals surface area contributed by atoms with E-state index in [1.807, 2.05) is 30.3 Å². The number of nitrogens with zero attached hydrogens (tertiary/aromatic N) is 3. The van der Waals surface area contributed by atoms with E-state index in [1.54, 1.807) is 13.0 Å². The Bertz CT molecular complexity index is 1110. The number of carbonyl (C=O) groups excluding carboxylic acids is 1. The molecule has 0 unspecified atom stereocenters. The molecule has 0 saturated heterocycles. The number of rotatable bonds is 7. The van der Waals surface area contributed by atoms with Crippen molar-refractivity contribution in [1.82, 2.24) is 14.1 Å². The fourth-order valence-electron chi connectivity index (χ4n) is 2.67. The highest BCUT2D eigenvalue weighted by Gasteiger charge is 2.18. The van der Waals surface area contributed by atoms with Gasteiger partial charge in [-0.05, 0) is 12.5 Å². The molecule has 3 aromatic rings. The van der Waals surface area contributed by atoms with E-state index in [0.717, 1.165) is 16.9 Å². The number of hydrogen-bond donors (Lipinski definition) is 0. The Morgan fingerprint density at radius 2 is 2.04 bits per heavy atom. The predicted octanol–water partition coefficient (Wildman–Crippen LogP) is 2.54. The molecule has 0 aliphatic carbocycles. The molecular formula is C20H19N3O4S. The van der Waals surface area contributed by atoms with E-state index in [4.69, 9.17) is 4.74 Å². The van der Waals surface area contributed by atoms with E-state index in [-0.39, 0.29) is 25.3 Å². The zero-order valence-electron chi connectivity index (χ0n) is 15.3. The first-order valence-electron chi connectivity index (χ1n) is 8.67. The molecule has 28 heavy (non-hydrogen) atoms. The lowest BCUT2D eigenvalue weighted by atomic mass is 10.2. The summed E-state index contributed by atoms with van der Waals surface area (Å²) in [5.41, 5.74) is 0.187. The third-order valence-electron chi connectivity index (χ3n) is 3.96. The highest BCUT2D eigenvalue weighted by Crippen LogP contribution is 2.23. The first-order chi connectivity index (χ1) is 13.5. The van der Waals surface area contributed by atoms with Crippen molar-refractivity contribution in [3.05, 3.63) is 86.7 Å². The highest BCUT2D eigenvalue weighted by atomic mass is 32.1. The average molecular weight is 397 g/mol. The zero-order chi connectivity index (χ0) is 20.1. The van der Waals surface area contributed by atoms with E-state index in [0.29, 0.717) is 9.88 Å². The van der Waals surface area contributed by atoms with Gasteiger partial charge in [0.25, 0.3) is 5.56 Å². The summed E-state index contributed by atoms with van der Waals surface area (Å²) in [6.45, 7) is 6.01. The van der Waals surface area contributed by atoms with Gasteiger partial charge in [0.05, 0.1) is 24.9 Å². The van der Waals surface area contributed by atoms with Crippen molar-refractivity contribution in [3.63, 3.8) is 0 Å². The van der Waals surface area contributed by atoms with E-state index in [2.05, 4.69) is 11.6 Å². The van der Waals surface area contributed by atoms with Gasteiger partial charge in [0.2, 0.25) is 0 Å². The van der Waals surface area contributed by atoms with Gasteiger partial charge in [-0.3, -0.25) is 13.9 Å². The van der Waals surface area contributed by atoms with Gasteiger partial charge in [-0.25, -0.2) is 14.6 Å². The lowest BCUT2D eigenvalue weighted by molar-refractivity contribution is 0.0532. The smallest absolute Gasteiger partial charge is 0.349 e. The maximum atomic E-state index is 13.0. The van der Waals surface area contributed by atoms with Gasteiger partial charge in [-0.15, -0.1) is 17.9 Å². The van der Waals surface area contributed by atoms with Gasteiger partial charge in [0.1, 0.15) is 9.88 Å². The average Bonchev–Trinajstić information content (AvgIpc) is 3.18. The first kappa shape index (κ1) is 19.5. The fraction of sp³-hybridized carbons (Fsp3) is 0.200. The molecule has 0 radical (unpaired) electrons. The molecule has 8 heteroatoms. The Morgan fingerprint density at radius 3 is 2.71 bits per heavy atom. The molecule has 0 saturated carbocycles. The lowest BCUT2D eigenvalue weighted by Crippen LogP contribution is -2.40. The van der Waals surface area contributed by atoms with Crippen LogP contribution in [0.1, 0.15) is 22.2 Å². The maximum absolute atomic E-state index is 13.0. The van der Waals surface area contributed by atoms with Gasteiger partial charge in [-0.1, -0.05) is 36.4 Å². The Morgan fingerprint density at radius 1 is 1.29 bits per heavy atom. The predicted molar refractivity (Wildman–Crippen MR) is 108 cm³/mol. The third-order valence-corrected chi connectivity index (χ3v) is 4.97. The van der Waals surface area contributed by atoms with Gasteiger partial charge in [0, 0.05) is 12.7 Å². The first-order valence-corrected chi connectivity index (χ1v) is 9.49. The summed E-state index contributed by atoms with van der Waals surface area (Å²) in [6, 6.07) is 9.25. The minimum atomic E-state index is -0.490. The SMILES string of the molecule is C=CCn1cc(-c2ncc(C(=O)OCC)s2)c(=O)n(Cc2ccccc2)c1=O. The summed E-state index contributed by atoms with van der Waals surface area (Å²) in [6.07, 6.45) is 4.41. The van der Waals surface area contributed by atoms with Crippen molar-refractivity contribution in [2.24, 2.45) is 0 Å². The van der Waals surface area contributed by atoms with Crippen LogP contribution in [0.2, 0.25) is 0 Å². The Hall–Kier alpha value is -3.26. The highest BCUT2D eigenvalue weighted by molar-refractivity contribution is 7.16. The maximum Gasteiger partial charge on any atom is 0.349 e. The van der Waals surface area contributed by atoms with Gasteiger partial charge >= 0.3 is 11.7 Å². The van der Waals surface area contributed by atoms with Crippen LogP contribution in [0.25, 0.3) is 10.6 Å². The summed E-state index contributed by atoms with van der Waals surface area (Å²) >= 11 is 1.06. The summed E-state index contributed by atoms with van der Waals surface area (Å²) in [5, 5.41) is 0.354. The molecule has 0 bridgehead atoms. The number of benzene rings is 1. The van der Waals surface area contributed by atoms with Crippen molar-refractivity contribution >= 4 is 17.3 Å². The van der Waals surface area contributed by atoms with Crippen molar-refractivity contribution in [1.29, 1.82) is 0 Å². The molecule has 2 aromatic heterocycles. The second-order valence-corrected chi connectivity index (χ2v) is 6.92. The number of thiazole rings is 1. The van der Waals surface area contributed by atoms with Crippen LogP contribution < -0.4 is 11.2 Å². The van der Waals surface area contributed by atoms with Crippen LogP contribution in [0.4, 0.5) is 0 Å². The molecule has 0 fully saturated rings. The molecule has 0 amide bonds. The molecule has 0 aliphatic rings. The molecule has 144 valence electrons. The standard InChI is InChI=1S/C20H19N3O4S/c1-3-10-22-13-15(17-21-11-16(28-17)19(25)27-4-2)18(24)23(20(22)26)12-14-8-6-5-7-9-14/h3,5-9,11,13H,1,4,10,12H2,2H3. The van der Waals surface area contributed by atoms with Crippen molar-refractivity contribution in [2.45, 2.75) is 20.0 Å². The van der Waals surface area contributed by atoms with Crippen LogP contribution in [-0.2, 0) is 17.8 Å². The number of ether oxygens (including phenoxy) is 1. The molecule has 3 rings (SSSR count). The molecule has 7 nitrogen and oxygen atoms in total. The Balaban J connectivity index is 2.11. The van der Waals surface area contributed by atoms with Crippen molar-refractivity contribution in [2.75, 3.05) is 6.61 Å².